The number of hydrogen-bond donors (Lipinski definition) is 0. The molecular weight excluding hydrogens is 158 g/mol. The molecule has 1 rings (SSSR count). The van der Waals surface area contributed by atoms with E-state index in [0.717, 1.165) is 6.54 Å². The summed E-state index contributed by atoms with van der Waals surface area (Å²) in [6.45, 7) is 3.18. The lowest BCUT2D eigenvalue weighted by Crippen LogP contribution is -2.13. The standard InChI is InChI=1S/C12H17N/c1-11(10-13(2)3)9-12-7-5-4-6-8-12/h4-9H,10H2,1-3H3. The summed E-state index contributed by atoms with van der Waals surface area (Å²) in [7, 11) is 4.17. The van der Waals surface area contributed by atoms with Crippen molar-refractivity contribution < 1.29 is 0 Å². The highest BCUT2D eigenvalue weighted by Crippen LogP contribution is 2.06. The molecule has 0 aliphatic rings. The topological polar surface area (TPSA) is 3.24 Å². The van der Waals surface area contributed by atoms with Gasteiger partial charge in [0.05, 0.1) is 0 Å². The summed E-state index contributed by atoms with van der Waals surface area (Å²) >= 11 is 0. The van der Waals surface area contributed by atoms with E-state index in [1.807, 2.05) is 6.07 Å². The summed E-state index contributed by atoms with van der Waals surface area (Å²) in [6, 6.07) is 10.4. The van der Waals surface area contributed by atoms with Crippen molar-refractivity contribution >= 4 is 6.08 Å². The van der Waals surface area contributed by atoms with Gasteiger partial charge in [0.25, 0.3) is 0 Å². The molecular formula is C12H17N. The second-order valence-corrected chi connectivity index (χ2v) is 3.64. The fourth-order valence-corrected chi connectivity index (χ4v) is 1.38. The minimum Gasteiger partial charge on any atom is -0.305 e. The summed E-state index contributed by atoms with van der Waals surface area (Å²) in [5, 5.41) is 0. The Hall–Kier alpha value is -1.08. The molecule has 0 fully saturated rings. The van der Waals surface area contributed by atoms with E-state index in [2.05, 4.69) is 56.3 Å². The van der Waals surface area contributed by atoms with E-state index in [1.165, 1.54) is 11.1 Å². The summed E-state index contributed by atoms with van der Waals surface area (Å²) in [6.07, 6.45) is 2.22. The highest BCUT2D eigenvalue weighted by Gasteiger charge is 1.92. The SMILES string of the molecule is CC(=Cc1ccccc1)CN(C)C. The largest absolute Gasteiger partial charge is 0.305 e. The quantitative estimate of drug-likeness (QED) is 0.682. The number of rotatable bonds is 3. The number of likely N-dealkylation sites (N-methyl/N-ethyl adjacent to an activating group) is 1. The van der Waals surface area contributed by atoms with E-state index in [1.54, 1.807) is 0 Å². The molecule has 0 amide bonds. The Morgan fingerprint density at radius 3 is 2.38 bits per heavy atom. The maximum absolute atomic E-state index is 2.22. The van der Waals surface area contributed by atoms with Gasteiger partial charge in [-0.25, -0.2) is 0 Å². The molecule has 0 unspecified atom stereocenters. The Kier molecular flexibility index (Phi) is 3.71. The molecule has 0 spiro atoms. The molecule has 0 N–H and O–H groups in total. The fraction of sp³-hybridized carbons (Fsp3) is 0.333. The summed E-state index contributed by atoms with van der Waals surface area (Å²) in [5.41, 5.74) is 2.66. The average molecular weight is 175 g/mol. The van der Waals surface area contributed by atoms with Crippen molar-refractivity contribution in [1.29, 1.82) is 0 Å². The average Bonchev–Trinajstić information content (AvgIpc) is 2.04. The Bertz CT molecular complexity index is 272. The normalized spacial score (nSPS) is 12.2. The molecule has 70 valence electrons. The minimum atomic E-state index is 1.02. The van der Waals surface area contributed by atoms with Crippen LogP contribution in [0.4, 0.5) is 0 Å². The molecule has 0 aromatic heterocycles. The van der Waals surface area contributed by atoms with Gasteiger partial charge < -0.3 is 4.90 Å². The maximum Gasteiger partial charge on any atom is 0.0187 e. The van der Waals surface area contributed by atoms with Crippen molar-refractivity contribution in [2.45, 2.75) is 6.92 Å². The van der Waals surface area contributed by atoms with Crippen LogP contribution in [-0.2, 0) is 0 Å². The molecule has 0 saturated carbocycles. The van der Waals surface area contributed by atoms with E-state index in [9.17, 15) is 0 Å². The van der Waals surface area contributed by atoms with E-state index in [-0.39, 0.29) is 0 Å². The fourth-order valence-electron chi connectivity index (χ4n) is 1.38. The van der Waals surface area contributed by atoms with Gasteiger partial charge in [-0.05, 0) is 26.6 Å². The van der Waals surface area contributed by atoms with E-state index in [4.69, 9.17) is 0 Å². The molecule has 0 saturated heterocycles. The molecule has 0 aliphatic heterocycles. The Morgan fingerprint density at radius 2 is 1.85 bits per heavy atom. The summed E-state index contributed by atoms with van der Waals surface area (Å²) in [5.74, 6) is 0. The van der Waals surface area contributed by atoms with Gasteiger partial charge in [-0.15, -0.1) is 0 Å². The Balaban J connectivity index is 2.66. The molecule has 0 aliphatic carbocycles. The van der Waals surface area contributed by atoms with Gasteiger partial charge in [0.1, 0.15) is 0 Å². The first-order valence-electron chi connectivity index (χ1n) is 4.55. The van der Waals surface area contributed by atoms with Crippen LogP contribution in [0.25, 0.3) is 6.08 Å². The molecule has 1 aromatic carbocycles. The lowest BCUT2D eigenvalue weighted by molar-refractivity contribution is 0.446. The molecule has 0 bridgehead atoms. The maximum atomic E-state index is 2.22. The zero-order valence-electron chi connectivity index (χ0n) is 8.62. The third-order valence-corrected chi connectivity index (χ3v) is 1.78. The van der Waals surface area contributed by atoms with Crippen molar-refractivity contribution in [3.8, 4) is 0 Å². The van der Waals surface area contributed by atoms with Gasteiger partial charge in [0, 0.05) is 6.54 Å². The van der Waals surface area contributed by atoms with E-state index >= 15 is 0 Å². The first-order chi connectivity index (χ1) is 6.18. The Morgan fingerprint density at radius 1 is 1.23 bits per heavy atom. The molecule has 13 heavy (non-hydrogen) atoms. The number of nitrogens with zero attached hydrogens (tertiary/aromatic N) is 1. The zero-order chi connectivity index (χ0) is 9.68. The predicted octanol–water partition coefficient (Wildman–Crippen LogP) is 2.65. The van der Waals surface area contributed by atoms with E-state index < -0.39 is 0 Å². The van der Waals surface area contributed by atoms with Crippen LogP contribution < -0.4 is 0 Å². The predicted molar refractivity (Wildman–Crippen MR) is 58.6 cm³/mol. The van der Waals surface area contributed by atoms with Gasteiger partial charge in [0.2, 0.25) is 0 Å². The summed E-state index contributed by atoms with van der Waals surface area (Å²) in [4.78, 5) is 2.18. The Labute approximate surface area is 80.7 Å². The highest BCUT2D eigenvalue weighted by molar-refractivity contribution is 5.52. The van der Waals surface area contributed by atoms with Crippen LogP contribution in [0.1, 0.15) is 12.5 Å². The van der Waals surface area contributed by atoms with Crippen molar-refractivity contribution in [2.75, 3.05) is 20.6 Å². The summed E-state index contributed by atoms with van der Waals surface area (Å²) < 4.78 is 0. The minimum absolute atomic E-state index is 1.02. The van der Waals surface area contributed by atoms with Gasteiger partial charge in [-0.2, -0.15) is 0 Å². The molecule has 1 aromatic rings. The third kappa shape index (κ3) is 3.90. The lowest BCUT2D eigenvalue weighted by atomic mass is 10.1. The lowest BCUT2D eigenvalue weighted by Gasteiger charge is -2.09. The van der Waals surface area contributed by atoms with Crippen molar-refractivity contribution in [3.05, 3.63) is 41.5 Å². The molecule has 0 heterocycles. The van der Waals surface area contributed by atoms with Crippen molar-refractivity contribution in [1.82, 2.24) is 4.90 Å². The highest BCUT2D eigenvalue weighted by atomic mass is 15.0. The van der Waals surface area contributed by atoms with Crippen molar-refractivity contribution in [3.63, 3.8) is 0 Å². The number of hydrogen-bond acceptors (Lipinski definition) is 1. The van der Waals surface area contributed by atoms with Gasteiger partial charge in [-0.1, -0.05) is 42.0 Å². The first kappa shape index (κ1) is 10.0. The van der Waals surface area contributed by atoms with Crippen molar-refractivity contribution in [2.24, 2.45) is 0 Å². The van der Waals surface area contributed by atoms with Crippen LogP contribution in [0, 0.1) is 0 Å². The van der Waals surface area contributed by atoms with Gasteiger partial charge in [-0.3, -0.25) is 0 Å². The van der Waals surface area contributed by atoms with Crippen LogP contribution in [0.5, 0.6) is 0 Å². The smallest absolute Gasteiger partial charge is 0.0187 e. The van der Waals surface area contributed by atoms with Crippen LogP contribution in [0.3, 0.4) is 0 Å². The first-order valence-corrected chi connectivity index (χ1v) is 4.55. The van der Waals surface area contributed by atoms with E-state index in [0.29, 0.717) is 0 Å². The van der Waals surface area contributed by atoms with Gasteiger partial charge in [0.15, 0.2) is 0 Å². The van der Waals surface area contributed by atoms with Crippen LogP contribution >= 0.6 is 0 Å². The monoisotopic (exact) mass is 175 g/mol. The van der Waals surface area contributed by atoms with Crippen LogP contribution in [-0.4, -0.2) is 25.5 Å². The molecule has 1 nitrogen and oxygen atoms in total. The van der Waals surface area contributed by atoms with Gasteiger partial charge >= 0.3 is 0 Å². The molecule has 0 radical (unpaired) electrons. The number of benzene rings is 1. The zero-order valence-corrected chi connectivity index (χ0v) is 8.62. The molecule has 0 atom stereocenters. The third-order valence-electron chi connectivity index (χ3n) is 1.78. The van der Waals surface area contributed by atoms with Crippen LogP contribution in [0.2, 0.25) is 0 Å². The second-order valence-electron chi connectivity index (χ2n) is 3.64. The molecule has 1 heteroatoms. The second kappa shape index (κ2) is 4.83. The van der Waals surface area contributed by atoms with Crippen LogP contribution in [0.15, 0.2) is 35.9 Å².